The molecule has 0 radical (unpaired) electrons. The first kappa shape index (κ1) is 50.5. The third-order valence-electron chi connectivity index (χ3n) is 10.9. The van der Waals surface area contributed by atoms with Crippen LogP contribution in [0.2, 0.25) is 0 Å². The molecule has 3 aliphatic rings. The molecule has 13 atom stereocenters. The molecular formula is C43H59NO19. The number of nitrogens with two attached hydrogens (primary N) is 1. The lowest BCUT2D eigenvalue weighted by molar-refractivity contribution is -0.325. The number of esters is 8. The molecule has 4 rings (SSSR count). The van der Waals surface area contributed by atoms with E-state index in [0.717, 1.165) is 47.3 Å². The Morgan fingerprint density at radius 1 is 0.698 bits per heavy atom. The highest BCUT2D eigenvalue weighted by Crippen LogP contribution is 2.48. The van der Waals surface area contributed by atoms with Crippen molar-refractivity contribution in [3.05, 3.63) is 35.9 Å². The van der Waals surface area contributed by atoms with E-state index in [1.807, 2.05) is 30.3 Å². The lowest BCUT2D eigenvalue weighted by Gasteiger charge is -2.47. The van der Waals surface area contributed by atoms with Gasteiger partial charge < -0.3 is 57.8 Å². The number of rotatable bonds is 19. The molecule has 0 bridgehead atoms. The smallest absolute Gasteiger partial charge is 0.366 e. The first-order valence-electron chi connectivity index (χ1n) is 20.8. The predicted molar refractivity (Wildman–Crippen MR) is 212 cm³/mol. The van der Waals surface area contributed by atoms with Crippen molar-refractivity contribution in [2.24, 2.45) is 17.6 Å². The topological polar surface area (TPSA) is 264 Å². The molecule has 350 valence electrons. The second-order valence-corrected chi connectivity index (χ2v) is 15.8. The van der Waals surface area contributed by atoms with Crippen LogP contribution in [0.4, 0.5) is 0 Å². The van der Waals surface area contributed by atoms with Gasteiger partial charge in [-0.1, -0.05) is 56.5 Å². The maximum Gasteiger partial charge on any atom is 0.366 e. The molecule has 2 heterocycles. The van der Waals surface area contributed by atoms with Gasteiger partial charge in [0.15, 0.2) is 24.4 Å². The Hall–Kier alpha value is -5.18. The highest BCUT2D eigenvalue weighted by atomic mass is 16.8. The molecule has 1 saturated carbocycles. The summed E-state index contributed by atoms with van der Waals surface area (Å²) < 4.78 is 63.4. The first-order chi connectivity index (χ1) is 29.8. The summed E-state index contributed by atoms with van der Waals surface area (Å²) in [6.45, 7) is 7.97. The number of unbranched alkanes of at least 4 members (excludes halogenated alkanes) is 2. The number of carbonyl (C=O) groups is 8. The van der Waals surface area contributed by atoms with E-state index in [1.54, 1.807) is 6.92 Å². The predicted octanol–water partition coefficient (Wildman–Crippen LogP) is 2.31. The van der Waals surface area contributed by atoms with Crippen LogP contribution in [0.15, 0.2) is 30.3 Å². The molecule has 3 fully saturated rings. The normalized spacial score (nSPS) is 30.3. The maximum atomic E-state index is 13.9. The van der Waals surface area contributed by atoms with Crippen LogP contribution in [0, 0.1) is 11.8 Å². The standard InChI is InChI=1S/C43H59NO19/c1-22-31(18-14-10-13-17-30(44)41(51)54-20-29-15-11-9-12-16-29)62-33(36(58-25(4)47)35(22)57-24(3)46)21-55-43(42(52)53-8)19-32(56-23(2)45)34-37(59-26(5)48)39(60-27(6)49)40(38(34)63-43)61-28(7)50/h9,11-12,15-16,22,30-40H,10,13-14,17-21,44H2,1-8H3. The van der Waals surface area contributed by atoms with Crippen molar-refractivity contribution in [2.45, 2.75) is 160 Å². The fraction of sp³-hybridized carbons (Fsp3) is 0.674. The van der Waals surface area contributed by atoms with E-state index in [2.05, 4.69) is 0 Å². The Labute approximate surface area is 365 Å². The number of hydrogen-bond acceptors (Lipinski definition) is 20. The highest BCUT2D eigenvalue weighted by Gasteiger charge is 2.68. The second-order valence-electron chi connectivity index (χ2n) is 15.8. The fourth-order valence-electron chi connectivity index (χ4n) is 8.37. The monoisotopic (exact) mass is 893 g/mol. The molecular weight excluding hydrogens is 834 g/mol. The van der Waals surface area contributed by atoms with Crippen molar-refractivity contribution in [1.29, 1.82) is 0 Å². The summed E-state index contributed by atoms with van der Waals surface area (Å²) in [5.41, 5.74) is 6.95. The van der Waals surface area contributed by atoms with Gasteiger partial charge in [-0.05, 0) is 18.4 Å². The molecule has 1 aromatic carbocycles. The van der Waals surface area contributed by atoms with Crippen molar-refractivity contribution in [3.8, 4) is 0 Å². The zero-order valence-electron chi connectivity index (χ0n) is 36.8. The zero-order valence-corrected chi connectivity index (χ0v) is 36.8. The Balaban J connectivity index is 1.59. The van der Waals surface area contributed by atoms with E-state index in [-0.39, 0.29) is 6.61 Å². The van der Waals surface area contributed by atoms with Crippen LogP contribution in [-0.4, -0.2) is 128 Å². The number of carbonyl (C=O) groups excluding carboxylic acids is 8. The summed E-state index contributed by atoms with van der Waals surface area (Å²) in [5.74, 6) is -10.6. The SMILES string of the molecule is COC(=O)C1(OCC2OC(CCCCCC(N)C(=O)OCc3ccccc3)C(C)C(OC(C)=O)C2OC(C)=O)CC(OC(C)=O)C2C(OC(C)=O)C(OC(C)=O)C(OC(C)=O)C2O1. The van der Waals surface area contributed by atoms with Gasteiger partial charge in [0, 0.05) is 47.5 Å². The average Bonchev–Trinajstić information content (AvgIpc) is 3.46. The quantitative estimate of drug-likeness (QED) is 0.119. The molecule has 2 saturated heterocycles. The van der Waals surface area contributed by atoms with Crippen LogP contribution in [-0.2, 0) is 97.1 Å². The third-order valence-corrected chi connectivity index (χ3v) is 10.9. The minimum Gasteiger partial charge on any atom is -0.465 e. The number of fused-ring (bicyclic) bond motifs is 1. The van der Waals surface area contributed by atoms with Gasteiger partial charge >= 0.3 is 47.8 Å². The Bertz CT molecular complexity index is 1790. The molecule has 0 amide bonds. The van der Waals surface area contributed by atoms with E-state index < -0.39 is 139 Å². The van der Waals surface area contributed by atoms with Crippen LogP contribution in [0.25, 0.3) is 0 Å². The van der Waals surface area contributed by atoms with E-state index in [0.29, 0.717) is 32.1 Å². The van der Waals surface area contributed by atoms with Gasteiger partial charge in [0.1, 0.15) is 37.1 Å². The van der Waals surface area contributed by atoms with Crippen LogP contribution in [0.1, 0.15) is 92.6 Å². The second kappa shape index (κ2) is 23.0. The van der Waals surface area contributed by atoms with Gasteiger partial charge in [-0.25, -0.2) is 4.79 Å². The molecule has 2 aliphatic heterocycles. The minimum atomic E-state index is -2.47. The first-order valence-corrected chi connectivity index (χ1v) is 20.8. The molecule has 1 aromatic rings. The summed E-state index contributed by atoms with van der Waals surface area (Å²) >= 11 is 0. The largest absolute Gasteiger partial charge is 0.465 e. The Morgan fingerprint density at radius 2 is 1.25 bits per heavy atom. The number of hydrogen-bond donors (Lipinski definition) is 1. The van der Waals surface area contributed by atoms with Crippen LogP contribution in [0.3, 0.4) is 0 Å². The average molecular weight is 894 g/mol. The van der Waals surface area contributed by atoms with Gasteiger partial charge in [0.05, 0.1) is 32.2 Å². The van der Waals surface area contributed by atoms with Gasteiger partial charge in [-0.3, -0.25) is 33.6 Å². The van der Waals surface area contributed by atoms with Gasteiger partial charge in [-0.2, -0.15) is 0 Å². The number of methoxy groups -OCH3 is 1. The van der Waals surface area contributed by atoms with Gasteiger partial charge in [0.2, 0.25) is 0 Å². The summed E-state index contributed by atoms with van der Waals surface area (Å²) in [6.07, 6.45) is -9.48. The maximum absolute atomic E-state index is 13.9. The molecule has 0 spiro atoms. The van der Waals surface area contributed by atoms with Crippen LogP contribution in [0.5, 0.6) is 0 Å². The minimum absolute atomic E-state index is 0.107. The van der Waals surface area contributed by atoms with Crippen molar-refractivity contribution in [1.82, 2.24) is 0 Å². The number of ether oxygens (including phenoxy) is 11. The Kier molecular flexibility index (Phi) is 18.4. The van der Waals surface area contributed by atoms with Crippen molar-refractivity contribution < 1.29 is 90.5 Å². The molecule has 0 aromatic heterocycles. The van der Waals surface area contributed by atoms with Crippen molar-refractivity contribution >= 4 is 47.8 Å². The molecule has 13 unspecified atom stereocenters. The molecule has 20 heteroatoms. The molecule has 1 aliphatic carbocycles. The molecule has 20 nitrogen and oxygen atoms in total. The van der Waals surface area contributed by atoms with Gasteiger partial charge in [0.25, 0.3) is 5.79 Å². The van der Waals surface area contributed by atoms with E-state index >= 15 is 0 Å². The van der Waals surface area contributed by atoms with Gasteiger partial charge in [-0.15, -0.1) is 0 Å². The molecule has 2 N–H and O–H groups in total. The summed E-state index contributed by atoms with van der Waals surface area (Å²) in [5, 5.41) is 0. The lowest BCUT2D eigenvalue weighted by atomic mass is 9.85. The zero-order chi connectivity index (χ0) is 46.6. The van der Waals surface area contributed by atoms with E-state index in [1.165, 1.54) is 6.92 Å². The fourth-order valence-corrected chi connectivity index (χ4v) is 8.37. The lowest BCUT2D eigenvalue weighted by Crippen LogP contribution is -2.62. The Morgan fingerprint density at radius 3 is 1.84 bits per heavy atom. The van der Waals surface area contributed by atoms with E-state index in [9.17, 15) is 38.4 Å². The molecule has 63 heavy (non-hydrogen) atoms. The van der Waals surface area contributed by atoms with Crippen LogP contribution >= 0.6 is 0 Å². The van der Waals surface area contributed by atoms with E-state index in [4.69, 9.17) is 57.8 Å². The third kappa shape index (κ3) is 13.7. The summed E-state index contributed by atoms with van der Waals surface area (Å²) in [6, 6.07) is 8.39. The van der Waals surface area contributed by atoms with Crippen molar-refractivity contribution in [2.75, 3.05) is 13.7 Å². The van der Waals surface area contributed by atoms with Crippen LogP contribution < -0.4 is 5.73 Å². The highest BCUT2D eigenvalue weighted by molar-refractivity contribution is 5.78. The number of benzene rings is 1. The summed E-state index contributed by atoms with van der Waals surface area (Å²) in [4.78, 5) is 101. The summed E-state index contributed by atoms with van der Waals surface area (Å²) in [7, 11) is 1.04. The van der Waals surface area contributed by atoms with Crippen molar-refractivity contribution in [3.63, 3.8) is 0 Å².